The van der Waals surface area contributed by atoms with Crippen LogP contribution in [-0.4, -0.2) is 48.9 Å². The fourth-order valence-electron chi connectivity index (χ4n) is 2.42. The van der Waals surface area contributed by atoms with E-state index in [1.54, 1.807) is 11.2 Å². The Morgan fingerprint density at radius 2 is 2.11 bits per heavy atom. The van der Waals surface area contributed by atoms with Crippen molar-refractivity contribution in [2.45, 2.75) is 31.7 Å². The molecule has 0 bridgehead atoms. The van der Waals surface area contributed by atoms with Crippen molar-refractivity contribution >= 4 is 10.0 Å². The molecule has 0 aromatic carbocycles. The van der Waals surface area contributed by atoms with E-state index >= 15 is 0 Å². The molecule has 7 heteroatoms. The Bertz CT molecular complexity index is 506. The van der Waals surface area contributed by atoms with Gasteiger partial charge in [-0.05, 0) is 38.8 Å². The van der Waals surface area contributed by atoms with E-state index < -0.39 is 10.0 Å². The highest BCUT2D eigenvalue weighted by molar-refractivity contribution is 7.89. The number of aryl methyl sites for hydroxylation is 1. The van der Waals surface area contributed by atoms with Gasteiger partial charge in [0.25, 0.3) is 10.0 Å². The molecule has 1 fully saturated rings. The van der Waals surface area contributed by atoms with E-state index in [1.807, 2.05) is 6.92 Å². The minimum atomic E-state index is -3.43. The molecule has 1 aliphatic rings. The molecule has 1 aromatic heterocycles. The van der Waals surface area contributed by atoms with Crippen LogP contribution in [0.3, 0.4) is 0 Å². The van der Waals surface area contributed by atoms with Crippen molar-refractivity contribution in [3.63, 3.8) is 0 Å². The first-order valence-electron chi connectivity index (χ1n) is 6.76. The Morgan fingerprint density at radius 3 is 2.63 bits per heavy atom. The molecule has 1 aliphatic heterocycles. The number of hydrogen-bond acceptors (Lipinski definition) is 4. The highest BCUT2D eigenvalue weighted by Gasteiger charge is 2.27. The van der Waals surface area contributed by atoms with Gasteiger partial charge >= 0.3 is 0 Å². The molecule has 19 heavy (non-hydrogen) atoms. The van der Waals surface area contributed by atoms with Crippen LogP contribution in [0.1, 0.15) is 25.6 Å². The van der Waals surface area contributed by atoms with Gasteiger partial charge in [0, 0.05) is 13.1 Å². The van der Waals surface area contributed by atoms with Crippen molar-refractivity contribution in [1.29, 1.82) is 0 Å². The summed E-state index contributed by atoms with van der Waals surface area (Å²) in [6.45, 7) is 6.67. The van der Waals surface area contributed by atoms with Gasteiger partial charge in [-0.3, -0.25) is 0 Å². The Kier molecular flexibility index (Phi) is 4.59. The monoisotopic (exact) mass is 286 g/mol. The Balaban J connectivity index is 2.11. The largest absolute Gasteiger partial charge is 0.332 e. The lowest BCUT2D eigenvalue weighted by Gasteiger charge is -2.28. The first-order chi connectivity index (χ1) is 9.04. The maximum Gasteiger partial charge on any atom is 0.260 e. The lowest BCUT2D eigenvalue weighted by Crippen LogP contribution is -2.39. The summed E-state index contributed by atoms with van der Waals surface area (Å²) in [7, 11) is -3.43. The summed E-state index contributed by atoms with van der Waals surface area (Å²) in [5, 5.41) is 3.49. The first-order valence-corrected chi connectivity index (χ1v) is 8.20. The van der Waals surface area contributed by atoms with E-state index in [1.165, 1.54) is 6.20 Å². The summed E-state index contributed by atoms with van der Waals surface area (Å²) in [6, 6.07) is 0. The quantitative estimate of drug-likeness (QED) is 0.836. The second kappa shape index (κ2) is 6.02. The molecule has 6 nitrogen and oxygen atoms in total. The number of imidazole rings is 1. The summed E-state index contributed by atoms with van der Waals surface area (Å²) < 4.78 is 26.5. The molecule has 0 aliphatic carbocycles. The zero-order chi connectivity index (χ0) is 13.9. The van der Waals surface area contributed by atoms with Crippen molar-refractivity contribution in [3.8, 4) is 0 Å². The zero-order valence-electron chi connectivity index (χ0n) is 11.5. The summed E-state index contributed by atoms with van der Waals surface area (Å²) in [4.78, 5) is 6.79. The number of aromatic amines is 1. The number of piperidine rings is 1. The molecule has 1 saturated heterocycles. The predicted octanol–water partition coefficient (Wildman–Crippen LogP) is 0.728. The number of H-pyrrole nitrogens is 1. The van der Waals surface area contributed by atoms with E-state index in [0.29, 0.717) is 24.8 Å². The summed E-state index contributed by atoms with van der Waals surface area (Å²) in [5.74, 6) is 1.07. The molecule has 2 heterocycles. The molecule has 1 aromatic rings. The van der Waals surface area contributed by atoms with E-state index in [4.69, 9.17) is 0 Å². The van der Waals surface area contributed by atoms with E-state index in [2.05, 4.69) is 15.3 Å². The SMILES string of the molecule is CCN(CC1CCNCC1)S(=O)(=O)c1cnc(C)[nH]1. The predicted molar refractivity (Wildman–Crippen MR) is 73.4 cm³/mol. The molecule has 108 valence electrons. The standard InChI is InChI=1S/C12H22N4O2S/c1-3-16(9-11-4-6-13-7-5-11)19(17,18)12-8-14-10(2)15-12/h8,11,13H,3-7,9H2,1-2H3,(H,14,15). The average Bonchev–Trinajstić information content (AvgIpc) is 2.84. The second-order valence-electron chi connectivity index (χ2n) is 4.98. The number of nitrogens with one attached hydrogen (secondary N) is 2. The van der Waals surface area contributed by atoms with Crippen LogP contribution in [0.15, 0.2) is 11.2 Å². The van der Waals surface area contributed by atoms with Gasteiger partial charge in [-0.1, -0.05) is 6.92 Å². The molecule has 0 spiro atoms. The van der Waals surface area contributed by atoms with E-state index in [-0.39, 0.29) is 5.03 Å². The van der Waals surface area contributed by atoms with Crippen molar-refractivity contribution in [3.05, 3.63) is 12.0 Å². The van der Waals surface area contributed by atoms with Crippen LogP contribution in [-0.2, 0) is 10.0 Å². The third-order valence-corrected chi connectivity index (χ3v) is 5.42. The highest BCUT2D eigenvalue weighted by Crippen LogP contribution is 2.19. The van der Waals surface area contributed by atoms with Crippen LogP contribution < -0.4 is 5.32 Å². The van der Waals surface area contributed by atoms with Gasteiger partial charge in [0.05, 0.1) is 6.20 Å². The lowest BCUT2D eigenvalue weighted by atomic mass is 9.98. The minimum Gasteiger partial charge on any atom is -0.332 e. The van der Waals surface area contributed by atoms with Crippen LogP contribution >= 0.6 is 0 Å². The van der Waals surface area contributed by atoms with Gasteiger partial charge in [-0.15, -0.1) is 0 Å². The van der Waals surface area contributed by atoms with Gasteiger partial charge in [-0.25, -0.2) is 13.4 Å². The van der Waals surface area contributed by atoms with Gasteiger partial charge < -0.3 is 10.3 Å². The smallest absolute Gasteiger partial charge is 0.260 e. The molecule has 0 radical (unpaired) electrons. The van der Waals surface area contributed by atoms with E-state index in [0.717, 1.165) is 25.9 Å². The molecule has 0 amide bonds. The van der Waals surface area contributed by atoms with Gasteiger partial charge in [-0.2, -0.15) is 4.31 Å². The van der Waals surface area contributed by atoms with Gasteiger partial charge in [0.15, 0.2) is 5.03 Å². The number of hydrogen-bond donors (Lipinski definition) is 2. The molecular weight excluding hydrogens is 264 g/mol. The Morgan fingerprint density at radius 1 is 1.42 bits per heavy atom. The molecule has 0 unspecified atom stereocenters. The van der Waals surface area contributed by atoms with Crippen LogP contribution in [0, 0.1) is 12.8 Å². The molecule has 0 saturated carbocycles. The molecule has 2 N–H and O–H groups in total. The molecular formula is C12H22N4O2S. The maximum absolute atomic E-state index is 12.5. The van der Waals surface area contributed by atoms with Gasteiger partial charge in [0.1, 0.15) is 5.82 Å². The lowest BCUT2D eigenvalue weighted by molar-refractivity contribution is 0.294. The summed E-state index contributed by atoms with van der Waals surface area (Å²) in [5.41, 5.74) is 0. The zero-order valence-corrected chi connectivity index (χ0v) is 12.3. The van der Waals surface area contributed by atoms with Crippen molar-refractivity contribution in [2.24, 2.45) is 5.92 Å². The fraction of sp³-hybridized carbons (Fsp3) is 0.750. The van der Waals surface area contributed by atoms with Crippen LogP contribution in [0.2, 0.25) is 0 Å². The van der Waals surface area contributed by atoms with E-state index in [9.17, 15) is 8.42 Å². The van der Waals surface area contributed by atoms with Crippen molar-refractivity contribution in [1.82, 2.24) is 19.6 Å². The summed E-state index contributed by atoms with van der Waals surface area (Å²) in [6.07, 6.45) is 3.47. The number of aromatic nitrogens is 2. The Hall–Kier alpha value is -0.920. The van der Waals surface area contributed by atoms with Crippen molar-refractivity contribution < 1.29 is 8.42 Å². The number of nitrogens with zero attached hydrogens (tertiary/aromatic N) is 2. The number of rotatable bonds is 5. The normalized spacial score (nSPS) is 18.1. The highest BCUT2D eigenvalue weighted by atomic mass is 32.2. The minimum absolute atomic E-state index is 0.195. The molecule has 0 atom stereocenters. The summed E-state index contributed by atoms with van der Waals surface area (Å²) >= 11 is 0. The topological polar surface area (TPSA) is 78.1 Å². The third kappa shape index (κ3) is 3.34. The maximum atomic E-state index is 12.5. The average molecular weight is 286 g/mol. The molecule has 2 rings (SSSR count). The van der Waals surface area contributed by atoms with Crippen molar-refractivity contribution in [2.75, 3.05) is 26.2 Å². The van der Waals surface area contributed by atoms with Crippen LogP contribution in [0.25, 0.3) is 0 Å². The van der Waals surface area contributed by atoms with Crippen LogP contribution in [0.4, 0.5) is 0 Å². The van der Waals surface area contributed by atoms with Gasteiger partial charge in [0.2, 0.25) is 0 Å². The second-order valence-corrected chi connectivity index (χ2v) is 6.89. The first kappa shape index (κ1) is 14.5. The fourth-order valence-corrected chi connectivity index (χ4v) is 3.91. The number of sulfonamides is 1. The Labute approximate surface area is 114 Å². The third-order valence-electron chi connectivity index (χ3n) is 3.57. The van der Waals surface area contributed by atoms with Crippen LogP contribution in [0.5, 0.6) is 0 Å².